The molecule has 4 nitrogen and oxygen atoms in total. The summed E-state index contributed by atoms with van der Waals surface area (Å²) in [7, 11) is 0. The Hall–Kier alpha value is -1.45. The molecule has 0 radical (unpaired) electrons. The van der Waals surface area contributed by atoms with Gasteiger partial charge in [-0.05, 0) is 26.3 Å². The van der Waals surface area contributed by atoms with Crippen LogP contribution in [0, 0.1) is 0 Å². The molecule has 0 aliphatic carbocycles. The Balaban J connectivity index is 2.75. The smallest absolute Gasteiger partial charge is 0.240 e. The summed E-state index contributed by atoms with van der Waals surface area (Å²) in [5, 5.41) is 0. The van der Waals surface area contributed by atoms with Crippen LogP contribution in [0.25, 0.3) is 0 Å². The van der Waals surface area contributed by atoms with Gasteiger partial charge in [-0.2, -0.15) is 4.98 Å². The molecule has 1 heterocycles. The minimum atomic E-state index is 0.0974. The minimum Gasteiger partial charge on any atom is -0.476 e. The first-order valence-electron chi connectivity index (χ1n) is 5.19. The van der Waals surface area contributed by atoms with E-state index in [0.29, 0.717) is 24.1 Å². The first-order valence-corrected chi connectivity index (χ1v) is 5.19. The molecule has 15 heavy (non-hydrogen) atoms. The topological polar surface area (TPSA) is 57.4 Å². The fourth-order valence-electron chi connectivity index (χ4n) is 1.06. The van der Waals surface area contributed by atoms with Crippen molar-refractivity contribution in [1.29, 1.82) is 0 Å². The van der Waals surface area contributed by atoms with Crippen LogP contribution in [0.3, 0.4) is 0 Å². The highest BCUT2D eigenvalue weighted by atomic mass is 16.5. The highest BCUT2D eigenvalue weighted by Gasteiger charge is 2.05. The molecule has 1 aromatic rings. The van der Waals surface area contributed by atoms with Crippen LogP contribution in [-0.2, 0) is 0 Å². The van der Waals surface area contributed by atoms with E-state index in [2.05, 4.69) is 4.98 Å². The van der Waals surface area contributed by atoms with Crippen LogP contribution in [0.1, 0.15) is 27.2 Å². The van der Waals surface area contributed by atoms with Gasteiger partial charge in [0.15, 0.2) is 0 Å². The molecule has 2 N–H and O–H groups in total. The molecular formula is C11H18N2O2. The van der Waals surface area contributed by atoms with Crippen molar-refractivity contribution in [2.45, 2.75) is 33.3 Å². The predicted octanol–water partition coefficient (Wildman–Crippen LogP) is 2.24. The van der Waals surface area contributed by atoms with Crippen LogP contribution in [0.5, 0.6) is 11.8 Å². The van der Waals surface area contributed by atoms with Crippen LogP contribution in [0.2, 0.25) is 0 Å². The molecule has 4 heteroatoms. The Morgan fingerprint density at radius 3 is 2.73 bits per heavy atom. The number of nitrogen functional groups attached to an aromatic ring is 1. The summed E-state index contributed by atoms with van der Waals surface area (Å²) in [5.41, 5.74) is 6.26. The van der Waals surface area contributed by atoms with Gasteiger partial charge in [-0.1, -0.05) is 6.92 Å². The fraction of sp³-hybridized carbons (Fsp3) is 0.545. The van der Waals surface area contributed by atoms with Gasteiger partial charge in [-0.15, -0.1) is 0 Å². The van der Waals surface area contributed by atoms with E-state index in [1.165, 1.54) is 0 Å². The number of anilines is 1. The second-order valence-electron chi connectivity index (χ2n) is 3.56. The molecule has 0 unspecified atom stereocenters. The highest BCUT2D eigenvalue weighted by Crippen LogP contribution is 2.22. The van der Waals surface area contributed by atoms with E-state index >= 15 is 0 Å². The lowest BCUT2D eigenvalue weighted by molar-refractivity contribution is 0.226. The molecule has 0 atom stereocenters. The van der Waals surface area contributed by atoms with E-state index in [4.69, 9.17) is 15.2 Å². The molecule has 1 aromatic heterocycles. The van der Waals surface area contributed by atoms with Crippen molar-refractivity contribution in [2.75, 3.05) is 12.3 Å². The van der Waals surface area contributed by atoms with Crippen LogP contribution >= 0.6 is 0 Å². The second-order valence-corrected chi connectivity index (χ2v) is 3.56. The summed E-state index contributed by atoms with van der Waals surface area (Å²) in [6, 6.07) is 3.49. The molecule has 0 spiro atoms. The number of hydrogen-bond acceptors (Lipinski definition) is 4. The van der Waals surface area contributed by atoms with Crippen molar-refractivity contribution in [1.82, 2.24) is 4.98 Å². The number of aromatic nitrogens is 1. The second kappa shape index (κ2) is 5.44. The fourth-order valence-corrected chi connectivity index (χ4v) is 1.06. The standard InChI is InChI=1S/C11H18N2O2/c1-4-7-14-11-9(12)5-6-10(13-11)15-8(2)3/h5-6,8H,4,7,12H2,1-3H3. The van der Waals surface area contributed by atoms with Gasteiger partial charge in [0.1, 0.15) is 0 Å². The number of ether oxygens (including phenoxy) is 2. The SMILES string of the molecule is CCCOc1nc(OC(C)C)ccc1N. The van der Waals surface area contributed by atoms with Crippen LogP contribution in [0.4, 0.5) is 5.69 Å². The number of nitrogens with two attached hydrogens (primary N) is 1. The number of rotatable bonds is 5. The molecule has 0 aliphatic heterocycles. The van der Waals surface area contributed by atoms with E-state index in [1.54, 1.807) is 12.1 Å². The zero-order valence-corrected chi connectivity index (χ0v) is 9.49. The van der Waals surface area contributed by atoms with Crippen LogP contribution in [0.15, 0.2) is 12.1 Å². The predicted molar refractivity (Wildman–Crippen MR) is 60.2 cm³/mol. The Morgan fingerprint density at radius 1 is 1.40 bits per heavy atom. The molecule has 84 valence electrons. The summed E-state index contributed by atoms with van der Waals surface area (Å²) >= 11 is 0. The average molecular weight is 210 g/mol. The Kier molecular flexibility index (Phi) is 4.21. The Labute approximate surface area is 90.4 Å². The lowest BCUT2D eigenvalue weighted by atomic mass is 10.4. The largest absolute Gasteiger partial charge is 0.476 e. The number of pyridine rings is 1. The number of hydrogen-bond donors (Lipinski definition) is 1. The third-order valence-electron chi connectivity index (χ3n) is 1.66. The van der Waals surface area contributed by atoms with Crippen molar-refractivity contribution >= 4 is 5.69 Å². The molecule has 0 saturated heterocycles. The average Bonchev–Trinajstić information content (AvgIpc) is 2.18. The van der Waals surface area contributed by atoms with E-state index in [9.17, 15) is 0 Å². The van der Waals surface area contributed by atoms with Crippen molar-refractivity contribution in [3.8, 4) is 11.8 Å². The van der Waals surface area contributed by atoms with E-state index in [-0.39, 0.29) is 6.10 Å². The van der Waals surface area contributed by atoms with Gasteiger partial charge in [0, 0.05) is 6.07 Å². The lowest BCUT2D eigenvalue weighted by Gasteiger charge is -2.11. The summed E-state index contributed by atoms with van der Waals surface area (Å²) < 4.78 is 10.8. The normalized spacial score (nSPS) is 10.4. The zero-order chi connectivity index (χ0) is 11.3. The van der Waals surface area contributed by atoms with E-state index < -0.39 is 0 Å². The molecule has 0 bridgehead atoms. The third kappa shape index (κ3) is 3.65. The van der Waals surface area contributed by atoms with Crippen molar-refractivity contribution in [2.24, 2.45) is 0 Å². The maximum atomic E-state index is 5.72. The van der Waals surface area contributed by atoms with Crippen LogP contribution < -0.4 is 15.2 Å². The highest BCUT2D eigenvalue weighted by molar-refractivity contribution is 5.49. The van der Waals surface area contributed by atoms with Gasteiger partial charge in [0.25, 0.3) is 0 Å². The number of nitrogens with zero attached hydrogens (tertiary/aromatic N) is 1. The van der Waals surface area contributed by atoms with Gasteiger partial charge in [0.05, 0.1) is 18.4 Å². The van der Waals surface area contributed by atoms with Gasteiger partial charge in [-0.25, -0.2) is 0 Å². The monoisotopic (exact) mass is 210 g/mol. The minimum absolute atomic E-state index is 0.0974. The molecule has 0 saturated carbocycles. The molecule has 1 rings (SSSR count). The molecule has 0 fully saturated rings. The molecular weight excluding hydrogens is 192 g/mol. The first kappa shape index (κ1) is 11.6. The van der Waals surface area contributed by atoms with E-state index in [1.807, 2.05) is 20.8 Å². The summed E-state index contributed by atoms with van der Waals surface area (Å²) in [4.78, 5) is 4.18. The summed E-state index contributed by atoms with van der Waals surface area (Å²) in [5.74, 6) is 1.00. The maximum absolute atomic E-state index is 5.72. The van der Waals surface area contributed by atoms with Gasteiger partial charge in [-0.3, -0.25) is 0 Å². The van der Waals surface area contributed by atoms with Crippen molar-refractivity contribution in [3.63, 3.8) is 0 Å². The van der Waals surface area contributed by atoms with Gasteiger partial charge in [0.2, 0.25) is 11.8 Å². The Bertz CT molecular complexity index is 313. The van der Waals surface area contributed by atoms with Crippen molar-refractivity contribution in [3.05, 3.63) is 12.1 Å². The molecule has 0 amide bonds. The maximum Gasteiger partial charge on any atom is 0.240 e. The Morgan fingerprint density at radius 2 is 2.13 bits per heavy atom. The molecule has 0 aliphatic rings. The lowest BCUT2D eigenvalue weighted by Crippen LogP contribution is -2.08. The third-order valence-corrected chi connectivity index (χ3v) is 1.66. The van der Waals surface area contributed by atoms with E-state index in [0.717, 1.165) is 6.42 Å². The summed E-state index contributed by atoms with van der Waals surface area (Å²) in [6.07, 6.45) is 1.02. The van der Waals surface area contributed by atoms with Crippen molar-refractivity contribution < 1.29 is 9.47 Å². The van der Waals surface area contributed by atoms with Gasteiger partial charge >= 0.3 is 0 Å². The van der Waals surface area contributed by atoms with Crippen LogP contribution in [-0.4, -0.2) is 17.7 Å². The quantitative estimate of drug-likeness (QED) is 0.809. The summed E-state index contributed by atoms with van der Waals surface area (Å²) in [6.45, 7) is 6.54. The molecule has 0 aromatic carbocycles. The van der Waals surface area contributed by atoms with Gasteiger partial charge < -0.3 is 15.2 Å². The zero-order valence-electron chi connectivity index (χ0n) is 9.49. The first-order chi connectivity index (χ1) is 7.13.